The number of hydrogen-bond donors (Lipinski definition) is 1. The van der Waals surface area contributed by atoms with Gasteiger partial charge in [0.25, 0.3) is 6.43 Å². The fourth-order valence-corrected chi connectivity index (χ4v) is 2.03. The molecule has 1 unspecified atom stereocenters. The number of hydrogen-bond acceptors (Lipinski definition) is 2. The van der Waals surface area contributed by atoms with Gasteiger partial charge in [0.15, 0.2) is 0 Å². The largest absolute Gasteiger partial charge is 0.375 e. The number of nitrogens with one attached hydrogen (secondary N) is 1. The molecule has 2 nitrogen and oxygen atoms in total. The van der Waals surface area contributed by atoms with Gasteiger partial charge in [-0.05, 0) is 37.1 Å². The van der Waals surface area contributed by atoms with Gasteiger partial charge in [-0.25, -0.2) is 13.2 Å². The summed E-state index contributed by atoms with van der Waals surface area (Å²) in [7, 11) is 0. The molecule has 20 heavy (non-hydrogen) atoms. The molecule has 0 saturated heterocycles. The number of halogens is 4. The standard InChI is InChI=1S/C14H19ClF3NO/c1-2-19-11(5-6-20-9-14(17)18)7-10-3-4-12(15)13(16)8-10/h3-4,8,11,14,19H,2,5-7,9H2,1H3. The minimum absolute atomic E-state index is 0.0539. The predicted molar refractivity (Wildman–Crippen MR) is 74.0 cm³/mol. The highest BCUT2D eigenvalue weighted by atomic mass is 35.5. The molecule has 0 aliphatic rings. The number of likely N-dealkylation sites (N-methyl/N-ethyl adjacent to an activating group) is 1. The summed E-state index contributed by atoms with van der Waals surface area (Å²) in [6, 6.07) is 4.73. The van der Waals surface area contributed by atoms with Crippen molar-refractivity contribution in [2.75, 3.05) is 19.8 Å². The lowest BCUT2D eigenvalue weighted by Crippen LogP contribution is -2.32. The Hall–Kier alpha value is -0.780. The fourth-order valence-electron chi connectivity index (χ4n) is 1.91. The van der Waals surface area contributed by atoms with Crippen molar-refractivity contribution < 1.29 is 17.9 Å². The lowest BCUT2D eigenvalue weighted by atomic mass is 10.0. The monoisotopic (exact) mass is 309 g/mol. The molecule has 0 amide bonds. The van der Waals surface area contributed by atoms with Crippen LogP contribution < -0.4 is 5.32 Å². The zero-order chi connectivity index (χ0) is 15.0. The Labute approximate surface area is 122 Å². The summed E-state index contributed by atoms with van der Waals surface area (Å²) in [6.45, 7) is 2.40. The third-order valence-electron chi connectivity index (χ3n) is 2.81. The predicted octanol–water partition coefficient (Wildman–Crippen LogP) is 3.67. The molecule has 1 aromatic rings. The van der Waals surface area contributed by atoms with Gasteiger partial charge < -0.3 is 10.1 Å². The Morgan fingerprint density at radius 1 is 1.35 bits per heavy atom. The second-order valence-corrected chi connectivity index (χ2v) is 4.87. The molecule has 1 rings (SSSR count). The fraction of sp³-hybridized carbons (Fsp3) is 0.571. The van der Waals surface area contributed by atoms with Gasteiger partial charge in [-0.15, -0.1) is 0 Å². The molecule has 0 aliphatic heterocycles. The molecule has 0 radical (unpaired) electrons. The maximum Gasteiger partial charge on any atom is 0.261 e. The van der Waals surface area contributed by atoms with Gasteiger partial charge in [-0.3, -0.25) is 0 Å². The molecule has 6 heteroatoms. The quantitative estimate of drug-likeness (QED) is 0.703. The summed E-state index contributed by atoms with van der Waals surface area (Å²) < 4.78 is 42.1. The first-order valence-corrected chi connectivity index (χ1v) is 6.94. The van der Waals surface area contributed by atoms with E-state index in [9.17, 15) is 13.2 Å². The molecule has 0 aromatic heterocycles. The van der Waals surface area contributed by atoms with E-state index in [-0.39, 0.29) is 17.7 Å². The van der Waals surface area contributed by atoms with Crippen LogP contribution in [-0.4, -0.2) is 32.2 Å². The van der Waals surface area contributed by atoms with Crippen LogP contribution in [0, 0.1) is 5.82 Å². The number of rotatable bonds is 9. The van der Waals surface area contributed by atoms with Crippen LogP contribution in [0.1, 0.15) is 18.9 Å². The van der Waals surface area contributed by atoms with E-state index >= 15 is 0 Å². The minimum Gasteiger partial charge on any atom is -0.375 e. The summed E-state index contributed by atoms with van der Waals surface area (Å²) in [5, 5.41) is 3.32. The van der Waals surface area contributed by atoms with Gasteiger partial charge in [-0.2, -0.15) is 0 Å². The third kappa shape index (κ3) is 6.59. The average molecular weight is 310 g/mol. The molecule has 0 aliphatic carbocycles. The Bertz CT molecular complexity index is 404. The van der Waals surface area contributed by atoms with Gasteiger partial charge in [0.05, 0.1) is 5.02 Å². The van der Waals surface area contributed by atoms with E-state index in [0.29, 0.717) is 12.8 Å². The molecular weight excluding hydrogens is 291 g/mol. The lowest BCUT2D eigenvalue weighted by Gasteiger charge is -2.18. The Morgan fingerprint density at radius 3 is 2.70 bits per heavy atom. The summed E-state index contributed by atoms with van der Waals surface area (Å²) in [6.07, 6.45) is -1.26. The zero-order valence-corrected chi connectivity index (χ0v) is 12.1. The smallest absolute Gasteiger partial charge is 0.261 e. The molecular formula is C14H19ClF3NO. The van der Waals surface area contributed by atoms with E-state index in [2.05, 4.69) is 5.32 Å². The van der Waals surface area contributed by atoms with Crippen molar-refractivity contribution in [3.63, 3.8) is 0 Å². The first-order chi connectivity index (χ1) is 9.52. The van der Waals surface area contributed by atoms with Crippen molar-refractivity contribution in [3.05, 3.63) is 34.6 Å². The van der Waals surface area contributed by atoms with Crippen molar-refractivity contribution in [1.29, 1.82) is 0 Å². The molecule has 0 heterocycles. The summed E-state index contributed by atoms with van der Waals surface area (Å²) in [5.41, 5.74) is 0.812. The van der Waals surface area contributed by atoms with Crippen LogP contribution in [0.15, 0.2) is 18.2 Å². The van der Waals surface area contributed by atoms with Gasteiger partial charge >= 0.3 is 0 Å². The van der Waals surface area contributed by atoms with Gasteiger partial charge in [-0.1, -0.05) is 24.6 Å². The van der Waals surface area contributed by atoms with Crippen LogP contribution >= 0.6 is 11.6 Å². The van der Waals surface area contributed by atoms with E-state index in [4.69, 9.17) is 16.3 Å². The van der Waals surface area contributed by atoms with E-state index in [1.54, 1.807) is 6.07 Å². The number of alkyl halides is 2. The van der Waals surface area contributed by atoms with Crippen LogP contribution in [0.25, 0.3) is 0 Å². The van der Waals surface area contributed by atoms with Crippen LogP contribution in [0.3, 0.4) is 0 Å². The average Bonchev–Trinajstić information content (AvgIpc) is 2.39. The Kier molecular flexibility index (Phi) is 7.95. The molecule has 1 aromatic carbocycles. The second-order valence-electron chi connectivity index (χ2n) is 4.46. The first kappa shape index (κ1) is 17.3. The highest BCUT2D eigenvalue weighted by Gasteiger charge is 2.11. The first-order valence-electron chi connectivity index (χ1n) is 6.56. The molecule has 1 N–H and O–H groups in total. The summed E-state index contributed by atoms with van der Waals surface area (Å²) in [5.74, 6) is -0.451. The molecule has 0 spiro atoms. The van der Waals surface area contributed by atoms with Crippen molar-refractivity contribution >= 4 is 11.6 Å². The highest BCUT2D eigenvalue weighted by molar-refractivity contribution is 6.30. The lowest BCUT2D eigenvalue weighted by molar-refractivity contribution is 0.0144. The molecule has 0 saturated carbocycles. The van der Waals surface area contributed by atoms with Crippen molar-refractivity contribution in [2.45, 2.75) is 32.2 Å². The van der Waals surface area contributed by atoms with E-state index in [1.165, 1.54) is 12.1 Å². The number of benzene rings is 1. The van der Waals surface area contributed by atoms with Crippen molar-refractivity contribution in [3.8, 4) is 0 Å². The third-order valence-corrected chi connectivity index (χ3v) is 3.12. The minimum atomic E-state index is -2.45. The van der Waals surface area contributed by atoms with Gasteiger partial charge in [0, 0.05) is 12.6 Å². The second kappa shape index (κ2) is 9.21. The topological polar surface area (TPSA) is 21.3 Å². The molecule has 0 fully saturated rings. The summed E-state index contributed by atoms with van der Waals surface area (Å²) >= 11 is 5.63. The normalized spacial score (nSPS) is 12.9. The van der Waals surface area contributed by atoms with Crippen LogP contribution in [0.5, 0.6) is 0 Å². The Balaban J connectivity index is 2.46. The zero-order valence-electron chi connectivity index (χ0n) is 11.3. The molecule has 114 valence electrons. The molecule has 1 atom stereocenters. The van der Waals surface area contributed by atoms with Gasteiger partial charge in [0.1, 0.15) is 12.4 Å². The summed E-state index contributed by atoms with van der Waals surface area (Å²) in [4.78, 5) is 0. The Morgan fingerprint density at radius 2 is 2.10 bits per heavy atom. The number of ether oxygens (including phenoxy) is 1. The molecule has 0 bridgehead atoms. The van der Waals surface area contributed by atoms with E-state index in [1.807, 2.05) is 6.92 Å². The maximum absolute atomic E-state index is 13.4. The van der Waals surface area contributed by atoms with E-state index < -0.39 is 18.8 Å². The maximum atomic E-state index is 13.4. The van der Waals surface area contributed by atoms with Crippen LogP contribution in [-0.2, 0) is 11.2 Å². The van der Waals surface area contributed by atoms with E-state index in [0.717, 1.165) is 12.1 Å². The van der Waals surface area contributed by atoms with Crippen LogP contribution in [0.4, 0.5) is 13.2 Å². The van der Waals surface area contributed by atoms with Crippen molar-refractivity contribution in [1.82, 2.24) is 5.32 Å². The highest BCUT2D eigenvalue weighted by Crippen LogP contribution is 2.17. The van der Waals surface area contributed by atoms with Crippen molar-refractivity contribution in [2.24, 2.45) is 0 Å². The van der Waals surface area contributed by atoms with Gasteiger partial charge in [0.2, 0.25) is 0 Å². The SMILES string of the molecule is CCNC(CCOCC(F)F)Cc1ccc(Cl)c(F)c1. The van der Waals surface area contributed by atoms with Crippen LogP contribution in [0.2, 0.25) is 5.02 Å².